The van der Waals surface area contributed by atoms with Gasteiger partial charge in [0.25, 0.3) is 0 Å². The largest absolute Gasteiger partial charge is 0.298 e. The van der Waals surface area contributed by atoms with E-state index in [4.69, 9.17) is 0 Å². The van der Waals surface area contributed by atoms with Crippen molar-refractivity contribution in [1.82, 2.24) is 19.7 Å². The third-order valence-corrected chi connectivity index (χ3v) is 5.23. The van der Waals surface area contributed by atoms with Gasteiger partial charge in [0.1, 0.15) is 5.82 Å². The summed E-state index contributed by atoms with van der Waals surface area (Å²) < 4.78 is 16.1. The normalized spacial score (nSPS) is 11.0. The van der Waals surface area contributed by atoms with Crippen LogP contribution in [-0.2, 0) is 12.3 Å². The number of para-hydroxylation sites is 1. The highest BCUT2D eigenvalue weighted by molar-refractivity contribution is 7.98. The molecule has 0 N–H and O–H groups in total. The summed E-state index contributed by atoms with van der Waals surface area (Å²) in [5, 5.41) is 10.3. The van der Waals surface area contributed by atoms with Crippen LogP contribution in [0.2, 0.25) is 0 Å². The second kappa shape index (κ2) is 7.72. The van der Waals surface area contributed by atoms with Crippen LogP contribution in [0.3, 0.4) is 0 Å². The van der Waals surface area contributed by atoms with Crippen molar-refractivity contribution in [3.63, 3.8) is 0 Å². The van der Waals surface area contributed by atoms with Crippen LogP contribution in [-0.4, -0.2) is 19.7 Å². The van der Waals surface area contributed by atoms with Crippen molar-refractivity contribution < 1.29 is 4.39 Å². The van der Waals surface area contributed by atoms with Gasteiger partial charge in [0.15, 0.2) is 11.0 Å². The number of benzene rings is 2. The highest BCUT2D eigenvalue weighted by Gasteiger charge is 2.16. The number of pyridine rings is 1. The predicted molar refractivity (Wildman–Crippen MR) is 107 cm³/mol. The van der Waals surface area contributed by atoms with Crippen molar-refractivity contribution in [2.24, 2.45) is 0 Å². The molecule has 4 rings (SSSR count). The molecule has 0 aliphatic carbocycles. The zero-order chi connectivity index (χ0) is 18.6. The van der Waals surface area contributed by atoms with Gasteiger partial charge < -0.3 is 0 Å². The minimum atomic E-state index is -0.315. The molecule has 0 atom stereocenters. The highest BCUT2D eigenvalue weighted by Crippen LogP contribution is 2.29. The Morgan fingerprint density at radius 2 is 1.89 bits per heavy atom. The molecule has 0 spiro atoms. The second-order valence-electron chi connectivity index (χ2n) is 5.97. The molecule has 27 heavy (non-hydrogen) atoms. The van der Waals surface area contributed by atoms with Gasteiger partial charge in [0, 0.05) is 23.9 Å². The number of fused-ring (bicyclic) bond motifs is 1. The molecule has 0 aliphatic heterocycles. The van der Waals surface area contributed by atoms with Crippen LogP contribution < -0.4 is 0 Å². The maximum absolute atomic E-state index is 14.2. The zero-order valence-corrected chi connectivity index (χ0v) is 15.4. The first-order valence-electron chi connectivity index (χ1n) is 8.52. The fourth-order valence-corrected chi connectivity index (χ4v) is 3.89. The molecule has 0 fully saturated rings. The van der Waals surface area contributed by atoms with Crippen LogP contribution in [0, 0.1) is 5.82 Å². The molecule has 0 saturated carbocycles. The summed E-state index contributed by atoms with van der Waals surface area (Å²) in [4.78, 5) is 4.49. The molecule has 0 radical (unpaired) electrons. The lowest BCUT2D eigenvalue weighted by Crippen LogP contribution is -2.02. The SMILES string of the molecule is C=CCn1c(SCc2cccc3cccnc23)nnc1-c1ccccc1F. The van der Waals surface area contributed by atoms with Gasteiger partial charge in [-0.1, -0.05) is 54.2 Å². The van der Waals surface area contributed by atoms with E-state index in [-0.39, 0.29) is 5.82 Å². The fourth-order valence-electron chi connectivity index (χ4n) is 2.96. The van der Waals surface area contributed by atoms with E-state index < -0.39 is 0 Å². The molecule has 2 aromatic carbocycles. The van der Waals surface area contributed by atoms with E-state index in [1.54, 1.807) is 42.2 Å². The summed E-state index contributed by atoms with van der Waals surface area (Å²) in [7, 11) is 0. The van der Waals surface area contributed by atoms with E-state index in [0.29, 0.717) is 23.7 Å². The van der Waals surface area contributed by atoms with E-state index in [1.807, 2.05) is 28.8 Å². The molecular weight excluding hydrogens is 359 g/mol. The van der Waals surface area contributed by atoms with E-state index >= 15 is 0 Å². The van der Waals surface area contributed by atoms with Gasteiger partial charge in [-0.25, -0.2) is 4.39 Å². The Bertz CT molecular complexity index is 1100. The number of halogens is 1. The number of allylic oxidation sites excluding steroid dienone is 1. The zero-order valence-electron chi connectivity index (χ0n) is 14.5. The molecular formula is C21H17FN4S. The molecule has 0 bridgehead atoms. The number of thioether (sulfide) groups is 1. The summed E-state index contributed by atoms with van der Waals surface area (Å²) in [5.74, 6) is 0.887. The van der Waals surface area contributed by atoms with Crippen LogP contribution in [0.5, 0.6) is 0 Å². The van der Waals surface area contributed by atoms with Gasteiger partial charge in [0.2, 0.25) is 0 Å². The molecule has 0 amide bonds. The quantitative estimate of drug-likeness (QED) is 0.346. The Morgan fingerprint density at radius 3 is 2.74 bits per heavy atom. The molecule has 2 heterocycles. The summed E-state index contributed by atoms with van der Waals surface area (Å²) in [6, 6.07) is 16.7. The molecule has 0 unspecified atom stereocenters. The molecule has 2 aromatic heterocycles. The summed E-state index contributed by atoms with van der Waals surface area (Å²) >= 11 is 1.56. The van der Waals surface area contributed by atoms with E-state index in [0.717, 1.165) is 21.6 Å². The van der Waals surface area contributed by atoms with Gasteiger partial charge in [-0.15, -0.1) is 16.8 Å². The molecule has 134 valence electrons. The fraction of sp³-hybridized carbons (Fsp3) is 0.0952. The first-order chi connectivity index (χ1) is 13.3. The standard InChI is InChI=1S/C21H17FN4S/c1-2-13-26-20(17-10-3-4-11-18(17)22)24-25-21(26)27-14-16-8-5-7-15-9-6-12-23-19(15)16/h2-12H,1,13-14H2. The van der Waals surface area contributed by atoms with Crippen molar-refractivity contribution >= 4 is 22.7 Å². The second-order valence-corrected chi connectivity index (χ2v) is 6.91. The topological polar surface area (TPSA) is 43.6 Å². The number of rotatable bonds is 6. The van der Waals surface area contributed by atoms with Crippen LogP contribution >= 0.6 is 11.8 Å². The van der Waals surface area contributed by atoms with Crippen LogP contribution in [0.15, 0.2) is 78.6 Å². The van der Waals surface area contributed by atoms with E-state index in [2.05, 4.69) is 27.8 Å². The van der Waals surface area contributed by atoms with Crippen LogP contribution in [0.1, 0.15) is 5.56 Å². The van der Waals surface area contributed by atoms with Gasteiger partial charge in [-0.2, -0.15) is 0 Å². The van der Waals surface area contributed by atoms with Crippen LogP contribution in [0.25, 0.3) is 22.3 Å². The Hall–Kier alpha value is -2.99. The summed E-state index contributed by atoms with van der Waals surface area (Å²) in [6.07, 6.45) is 3.56. The third kappa shape index (κ3) is 3.48. The summed E-state index contributed by atoms with van der Waals surface area (Å²) in [6.45, 7) is 4.31. The molecule has 6 heteroatoms. The van der Waals surface area contributed by atoms with Crippen molar-refractivity contribution in [1.29, 1.82) is 0 Å². The lowest BCUT2D eigenvalue weighted by Gasteiger charge is -2.09. The number of hydrogen-bond donors (Lipinski definition) is 0. The van der Waals surface area contributed by atoms with Gasteiger partial charge in [-0.05, 0) is 23.8 Å². The number of nitrogens with zero attached hydrogens (tertiary/aromatic N) is 4. The average Bonchev–Trinajstić information content (AvgIpc) is 3.09. The Morgan fingerprint density at radius 1 is 1.04 bits per heavy atom. The van der Waals surface area contributed by atoms with Crippen molar-refractivity contribution in [3.05, 3.63) is 84.8 Å². The van der Waals surface area contributed by atoms with Crippen LogP contribution in [0.4, 0.5) is 4.39 Å². The molecule has 0 aliphatic rings. The minimum Gasteiger partial charge on any atom is -0.298 e. The smallest absolute Gasteiger partial charge is 0.192 e. The van der Waals surface area contributed by atoms with Gasteiger partial charge in [-0.3, -0.25) is 9.55 Å². The maximum atomic E-state index is 14.2. The lowest BCUT2D eigenvalue weighted by molar-refractivity contribution is 0.626. The number of aromatic nitrogens is 4. The molecule has 0 saturated heterocycles. The van der Waals surface area contributed by atoms with E-state index in [1.165, 1.54) is 6.07 Å². The van der Waals surface area contributed by atoms with Gasteiger partial charge in [0.05, 0.1) is 11.1 Å². The van der Waals surface area contributed by atoms with Gasteiger partial charge >= 0.3 is 0 Å². The van der Waals surface area contributed by atoms with Crippen molar-refractivity contribution in [2.45, 2.75) is 17.5 Å². The van der Waals surface area contributed by atoms with Crippen molar-refractivity contribution in [3.8, 4) is 11.4 Å². The van der Waals surface area contributed by atoms with Crippen molar-refractivity contribution in [2.75, 3.05) is 0 Å². The Kier molecular flexibility index (Phi) is 4.98. The lowest BCUT2D eigenvalue weighted by atomic mass is 10.1. The highest BCUT2D eigenvalue weighted by atomic mass is 32.2. The monoisotopic (exact) mass is 376 g/mol. The Labute approximate surface area is 160 Å². The molecule has 4 nitrogen and oxygen atoms in total. The first kappa shape index (κ1) is 17.4. The minimum absolute atomic E-state index is 0.315. The predicted octanol–water partition coefficient (Wildman–Crippen LogP) is 5.11. The third-order valence-electron chi connectivity index (χ3n) is 4.22. The Balaban J connectivity index is 1.66. The first-order valence-corrected chi connectivity index (χ1v) is 9.51. The van der Waals surface area contributed by atoms with E-state index in [9.17, 15) is 4.39 Å². The number of hydrogen-bond acceptors (Lipinski definition) is 4. The molecule has 4 aromatic rings. The maximum Gasteiger partial charge on any atom is 0.192 e. The summed E-state index contributed by atoms with van der Waals surface area (Å²) in [5.41, 5.74) is 2.54. The average molecular weight is 376 g/mol.